The number of carboxylic acid groups (broad SMARTS) is 1. The number of hydrogen-bond donors (Lipinski definition) is 2. The van der Waals surface area contributed by atoms with Gasteiger partial charge in [-0.15, -0.1) is 0 Å². The zero-order valence-corrected chi connectivity index (χ0v) is 8.91. The highest BCUT2D eigenvalue weighted by Gasteiger charge is 2.14. The van der Waals surface area contributed by atoms with Gasteiger partial charge in [0.1, 0.15) is 12.9 Å². The van der Waals surface area contributed by atoms with Gasteiger partial charge in [0.2, 0.25) is 0 Å². The molecule has 3 N–H and O–H groups in total. The summed E-state index contributed by atoms with van der Waals surface area (Å²) < 4.78 is 4.61. The number of rotatable bonds is 4. The van der Waals surface area contributed by atoms with Gasteiger partial charge in [0.15, 0.2) is 5.71 Å². The van der Waals surface area contributed by atoms with E-state index in [1.54, 1.807) is 0 Å². The molecule has 0 bridgehead atoms. The molecular weight excluding hydrogens is 228 g/mol. The lowest BCUT2D eigenvalue weighted by atomic mass is 10.1. The third-order valence-electron chi connectivity index (χ3n) is 1.71. The molecule has 1 aromatic rings. The van der Waals surface area contributed by atoms with Gasteiger partial charge in [-0.3, -0.25) is 0 Å². The summed E-state index contributed by atoms with van der Waals surface area (Å²) in [5.74, 6) is -1.14. The fourth-order valence-electron chi connectivity index (χ4n) is 1.13. The van der Waals surface area contributed by atoms with Crippen molar-refractivity contribution < 1.29 is 24.3 Å². The van der Waals surface area contributed by atoms with E-state index in [2.05, 4.69) is 14.7 Å². The molecule has 0 unspecified atom stereocenters. The minimum atomic E-state index is -1.26. The van der Waals surface area contributed by atoms with Gasteiger partial charge >= 0.3 is 12.1 Å². The number of nitrogens with zero attached hydrogens (tertiary/aromatic N) is 1. The van der Waals surface area contributed by atoms with Crippen molar-refractivity contribution >= 4 is 17.8 Å². The Morgan fingerprint density at radius 2 is 2.12 bits per heavy atom. The smallest absolute Gasteiger partial charge is 0.409 e. The van der Waals surface area contributed by atoms with Crippen LogP contribution in [-0.4, -0.2) is 30.0 Å². The first kappa shape index (κ1) is 12.5. The second-order valence-electron chi connectivity index (χ2n) is 2.88. The topological polar surface area (TPSA) is 111 Å². The van der Waals surface area contributed by atoms with Crippen LogP contribution in [0.3, 0.4) is 0 Å². The standard InChI is InChI=1S/C10H10N2O5/c1-16-12-8(9(13)14)6-3-2-4-7(5-6)17-10(11)15/h2-5H,1H3,(H2,11,15)(H,13,14). The van der Waals surface area contributed by atoms with Crippen molar-refractivity contribution in [3.05, 3.63) is 29.8 Å². The fourth-order valence-corrected chi connectivity index (χ4v) is 1.13. The number of carbonyl (C=O) groups excluding carboxylic acids is 1. The number of aliphatic carboxylic acids is 1. The lowest BCUT2D eigenvalue weighted by Crippen LogP contribution is -2.18. The van der Waals surface area contributed by atoms with Gasteiger partial charge < -0.3 is 20.4 Å². The van der Waals surface area contributed by atoms with Crippen LogP contribution in [0, 0.1) is 0 Å². The summed E-state index contributed by atoms with van der Waals surface area (Å²) >= 11 is 0. The number of benzene rings is 1. The number of amides is 1. The van der Waals surface area contributed by atoms with E-state index in [0.717, 1.165) is 0 Å². The van der Waals surface area contributed by atoms with Crippen molar-refractivity contribution in [2.24, 2.45) is 10.9 Å². The maximum absolute atomic E-state index is 10.9. The summed E-state index contributed by atoms with van der Waals surface area (Å²) in [5.41, 5.74) is 4.77. The summed E-state index contributed by atoms with van der Waals surface area (Å²) in [5, 5.41) is 12.2. The quantitative estimate of drug-likeness (QED) is 0.588. The Hall–Kier alpha value is -2.57. The second-order valence-corrected chi connectivity index (χ2v) is 2.88. The van der Waals surface area contributed by atoms with E-state index < -0.39 is 12.1 Å². The highest BCUT2D eigenvalue weighted by molar-refractivity contribution is 6.42. The van der Waals surface area contributed by atoms with Gasteiger partial charge in [0.05, 0.1) is 0 Å². The van der Waals surface area contributed by atoms with E-state index in [-0.39, 0.29) is 17.0 Å². The SMILES string of the molecule is CON=C(C(=O)O)c1cccc(OC(N)=O)c1. The molecule has 0 heterocycles. The van der Waals surface area contributed by atoms with Crippen LogP contribution in [0.25, 0.3) is 0 Å². The molecule has 0 fully saturated rings. The van der Waals surface area contributed by atoms with Crippen molar-refractivity contribution in [2.45, 2.75) is 0 Å². The molecule has 7 heteroatoms. The molecule has 0 aromatic heterocycles. The molecule has 1 rings (SSSR count). The molecule has 0 radical (unpaired) electrons. The van der Waals surface area contributed by atoms with E-state index >= 15 is 0 Å². The molecule has 0 atom stereocenters. The van der Waals surface area contributed by atoms with Crippen LogP contribution < -0.4 is 10.5 Å². The van der Waals surface area contributed by atoms with Crippen molar-refractivity contribution in [1.82, 2.24) is 0 Å². The Balaban J connectivity index is 3.08. The zero-order chi connectivity index (χ0) is 12.8. The van der Waals surface area contributed by atoms with Gasteiger partial charge in [-0.25, -0.2) is 9.59 Å². The van der Waals surface area contributed by atoms with E-state index in [1.165, 1.54) is 31.4 Å². The number of hydrogen-bond acceptors (Lipinski definition) is 5. The minimum absolute atomic E-state index is 0.125. The van der Waals surface area contributed by atoms with Gasteiger partial charge in [-0.05, 0) is 12.1 Å². The van der Waals surface area contributed by atoms with Crippen LogP contribution in [-0.2, 0) is 9.63 Å². The molecule has 0 aliphatic carbocycles. The summed E-state index contributed by atoms with van der Waals surface area (Å²) in [6.45, 7) is 0. The molecule has 1 aromatic carbocycles. The predicted molar refractivity (Wildman–Crippen MR) is 57.8 cm³/mol. The molecule has 17 heavy (non-hydrogen) atoms. The lowest BCUT2D eigenvalue weighted by Gasteiger charge is -2.04. The third kappa shape index (κ3) is 3.49. The molecule has 0 saturated heterocycles. The fraction of sp³-hybridized carbons (Fsp3) is 0.100. The zero-order valence-electron chi connectivity index (χ0n) is 8.91. The Morgan fingerprint density at radius 3 is 2.65 bits per heavy atom. The van der Waals surface area contributed by atoms with E-state index in [9.17, 15) is 9.59 Å². The molecule has 0 spiro atoms. The third-order valence-corrected chi connectivity index (χ3v) is 1.71. The van der Waals surface area contributed by atoms with E-state index in [0.29, 0.717) is 0 Å². The number of ether oxygens (including phenoxy) is 1. The first-order chi connectivity index (χ1) is 8.04. The molecule has 0 aliphatic heterocycles. The van der Waals surface area contributed by atoms with Crippen molar-refractivity contribution in [2.75, 3.05) is 7.11 Å². The Kier molecular flexibility index (Phi) is 4.04. The van der Waals surface area contributed by atoms with E-state index in [1.807, 2.05) is 0 Å². The number of carbonyl (C=O) groups is 2. The van der Waals surface area contributed by atoms with Gasteiger partial charge in [0, 0.05) is 5.56 Å². The van der Waals surface area contributed by atoms with Gasteiger partial charge in [0.25, 0.3) is 0 Å². The summed E-state index contributed by atoms with van der Waals surface area (Å²) in [4.78, 5) is 25.8. The van der Waals surface area contributed by atoms with Crippen molar-refractivity contribution in [3.8, 4) is 5.75 Å². The first-order valence-electron chi connectivity index (χ1n) is 4.46. The Labute approximate surface area is 96.4 Å². The van der Waals surface area contributed by atoms with Crippen molar-refractivity contribution in [3.63, 3.8) is 0 Å². The van der Waals surface area contributed by atoms with Crippen molar-refractivity contribution in [1.29, 1.82) is 0 Å². The number of carboxylic acids is 1. The maximum Gasteiger partial charge on any atom is 0.409 e. The van der Waals surface area contributed by atoms with Crippen LogP contribution in [0.4, 0.5) is 4.79 Å². The lowest BCUT2D eigenvalue weighted by molar-refractivity contribution is -0.129. The van der Waals surface area contributed by atoms with Gasteiger partial charge in [-0.2, -0.15) is 0 Å². The highest BCUT2D eigenvalue weighted by Crippen LogP contribution is 2.14. The molecule has 0 aliphatic rings. The normalized spacial score (nSPS) is 10.8. The predicted octanol–water partition coefficient (Wildman–Crippen LogP) is 0.579. The monoisotopic (exact) mass is 238 g/mol. The average molecular weight is 238 g/mol. The molecule has 0 saturated carbocycles. The molecular formula is C10H10N2O5. The van der Waals surface area contributed by atoms with Crippen LogP contribution >= 0.6 is 0 Å². The second kappa shape index (κ2) is 5.50. The molecule has 7 nitrogen and oxygen atoms in total. The summed E-state index contributed by atoms with van der Waals surface area (Å²) in [6, 6.07) is 5.76. The Bertz CT molecular complexity index is 470. The largest absolute Gasteiger partial charge is 0.476 e. The molecule has 1 amide bonds. The average Bonchev–Trinajstić information content (AvgIpc) is 2.24. The van der Waals surface area contributed by atoms with Crippen LogP contribution in [0.1, 0.15) is 5.56 Å². The van der Waals surface area contributed by atoms with Gasteiger partial charge in [-0.1, -0.05) is 17.3 Å². The Morgan fingerprint density at radius 1 is 1.41 bits per heavy atom. The molecule has 90 valence electrons. The van der Waals surface area contributed by atoms with Crippen LogP contribution in [0.2, 0.25) is 0 Å². The van der Waals surface area contributed by atoms with Crippen LogP contribution in [0.5, 0.6) is 5.75 Å². The number of nitrogens with two attached hydrogens (primary N) is 1. The minimum Gasteiger partial charge on any atom is -0.476 e. The summed E-state index contributed by atoms with van der Waals surface area (Å²) in [7, 11) is 1.23. The highest BCUT2D eigenvalue weighted by atomic mass is 16.6. The summed E-state index contributed by atoms with van der Waals surface area (Å²) in [6.07, 6.45) is -0.984. The maximum atomic E-state index is 10.9. The number of primary amides is 1. The first-order valence-corrected chi connectivity index (χ1v) is 4.46. The van der Waals surface area contributed by atoms with Crippen LogP contribution in [0.15, 0.2) is 29.4 Å². The van der Waals surface area contributed by atoms with E-state index in [4.69, 9.17) is 10.8 Å². The number of oxime groups is 1.